The van der Waals surface area contributed by atoms with Crippen molar-refractivity contribution >= 4 is 28.6 Å². The van der Waals surface area contributed by atoms with Gasteiger partial charge in [-0.2, -0.15) is 0 Å². The molecule has 0 spiro atoms. The van der Waals surface area contributed by atoms with Crippen molar-refractivity contribution in [3.63, 3.8) is 0 Å². The lowest BCUT2D eigenvalue weighted by Gasteiger charge is -2.32. The number of rotatable bonds is 3. The maximum absolute atomic E-state index is 13.7. The third-order valence-electron chi connectivity index (χ3n) is 5.04. The van der Waals surface area contributed by atoms with Gasteiger partial charge in [0, 0.05) is 26.1 Å². The zero-order chi connectivity index (χ0) is 18.1. The summed E-state index contributed by atoms with van der Waals surface area (Å²) in [6.45, 7) is 1.51. The molecule has 6 heteroatoms. The molecule has 1 aliphatic heterocycles. The predicted octanol–water partition coefficient (Wildman–Crippen LogP) is 3.57. The molecule has 1 N–H and O–H groups in total. The van der Waals surface area contributed by atoms with Crippen molar-refractivity contribution in [2.45, 2.75) is 12.8 Å². The van der Waals surface area contributed by atoms with Gasteiger partial charge in [0.05, 0.1) is 16.7 Å². The van der Waals surface area contributed by atoms with Gasteiger partial charge in [0.1, 0.15) is 5.82 Å². The van der Waals surface area contributed by atoms with E-state index >= 15 is 0 Å². The van der Waals surface area contributed by atoms with Crippen LogP contribution in [-0.2, 0) is 11.8 Å². The highest BCUT2D eigenvalue weighted by Crippen LogP contribution is 2.26. The topological polar surface area (TPSA) is 50.2 Å². The molecule has 1 aromatic heterocycles. The largest absolute Gasteiger partial charge is 0.342 e. The Balaban J connectivity index is 1.43. The minimum atomic E-state index is -0.405. The number of piperidine rings is 1. The molecule has 1 aliphatic rings. The number of aryl methyl sites for hydroxylation is 1. The van der Waals surface area contributed by atoms with Crippen molar-refractivity contribution in [1.82, 2.24) is 9.55 Å². The third kappa shape index (κ3) is 3.03. The molecule has 1 saturated heterocycles. The molecule has 26 heavy (non-hydrogen) atoms. The van der Waals surface area contributed by atoms with Gasteiger partial charge < -0.3 is 14.8 Å². The van der Waals surface area contributed by atoms with Gasteiger partial charge >= 0.3 is 0 Å². The number of para-hydroxylation sites is 3. The Morgan fingerprint density at radius 2 is 1.81 bits per heavy atom. The molecule has 0 saturated carbocycles. The van der Waals surface area contributed by atoms with Crippen molar-refractivity contribution in [1.29, 1.82) is 0 Å². The summed E-state index contributed by atoms with van der Waals surface area (Å²) < 4.78 is 15.8. The zero-order valence-electron chi connectivity index (χ0n) is 14.7. The minimum absolute atomic E-state index is 0.111. The van der Waals surface area contributed by atoms with E-state index in [0.29, 0.717) is 0 Å². The van der Waals surface area contributed by atoms with Crippen LogP contribution < -0.4 is 10.2 Å². The molecule has 0 unspecified atom stereocenters. The summed E-state index contributed by atoms with van der Waals surface area (Å²) >= 11 is 0. The number of halogens is 1. The van der Waals surface area contributed by atoms with Gasteiger partial charge in [-0.05, 0) is 37.1 Å². The quantitative estimate of drug-likeness (QED) is 0.784. The van der Waals surface area contributed by atoms with Gasteiger partial charge in [0.25, 0.3) is 0 Å². The van der Waals surface area contributed by atoms with Crippen molar-refractivity contribution in [2.24, 2.45) is 13.0 Å². The number of carbonyl (C=O) groups excluding carboxylic acids is 1. The van der Waals surface area contributed by atoms with Crippen LogP contribution in [0.1, 0.15) is 12.8 Å². The minimum Gasteiger partial charge on any atom is -0.342 e. The number of hydrogen-bond donors (Lipinski definition) is 1. The van der Waals surface area contributed by atoms with Crippen LogP contribution in [0.15, 0.2) is 48.5 Å². The van der Waals surface area contributed by atoms with Gasteiger partial charge in [0.2, 0.25) is 11.9 Å². The number of aromatic nitrogens is 2. The number of anilines is 2. The first kappa shape index (κ1) is 16.6. The first-order chi connectivity index (χ1) is 12.6. The van der Waals surface area contributed by atoms with Crippen LogP contribution in [0.2, 0.25) is 0 Å². The molecule has 1 fully saturated rings. The van der Waals surface area contributed by atoms with E-state index in [1.54, 1.807) is 18.2 Å². The highest BCUT2D eigenvalue weighted by Gasteiger charge is 2.27. The molecular weight excluding hydrogens is 331 g/mol. The maximum Gasteiger partial charge on any atom is 0.227 e. The van der Waals surface area contributed by atoms with Gasteiger partial charge in [-0.15, -0.1) is 0 Å². The SMILES string of the molecule is Cn1c(N2CCC(C(=O)Nc3ccccc3F)CC2)nc2ccccc21. The monoisotopic (exact) mass is 352 g/mol. The molecule has 0 aliphatic carbocycles. The van der Waals surface area contributed by atoms with E-state index in [-0.39, 0.29) is 17.5 Å². The molecule has 0 bridgehead atoms. The Kier molecular flexibility index (Phi) is 4.32. The van der Waals surface area contributed by atoms with E-state index in [4.69, 9.17) is 4.98 Å². The molecule has 2 aromatic carbocycles. The molecule has 5 nitrogen and oxygen atoms in total. The molecule has 0 radical (unpaired) electrons. The standard InChI is InChI=1S/C20H21FN4O/c1-24-18-9-5-4-8-17(18)23-20(24)25-12-10-14(11-13-25)19(26)22-16-7-3-2-6-15(16)21/h2-9,14H,10-13H2,1H3,(H,22,26). The highest BCUT2D eigenvalue weighted by atomic mass is 19.1. The average molecular weight is 352 g/mol. The van der Waals surface area contributed by atoms with Crippen molar-refractivity contribution in [3.05, 3.63) is 54.3 Å². The molecular formula is C20H21FN4O. The van der Waals surface area contributed by atoms with E-state index in [2.05, 4.69) is 20.9 Å². The molecule has 0 atom stereocenters. The van der Waals surface area contributed by atoms with Crippen LogP contribution in [0, 0.1) is 11.7 Å². The second-order valence-electron chi connectivity index (χ2n) is 6.69. The van der Waals surface area contributed by atoms with E-state index in [0.717, 1.165) is 42.9 Å². The number of amides is 1. The summed E-state index contributed by atoms with van der Waals surface area (Å²) in [5.41, 5.74) is 2.32. The smallest absolute Gasteiger partial charge is 0.227 e. The Labute approximate surface area is 151 Å². The predicted molar refractivity (Wildman–Crippen MR) is 101 cm³/mol. The number of benzene rings is 2. The number of imidazole rings is 1. The van der Waals surface area contributed by atoms with E-state index in [9.17, 15) is 9.18 Å². The van der Waals surface area contributed by atoms with Crippen LogP contribution in [0.5, 0.6) is 0 Å². The fourth-order valence-corrected chi connectivity index (χ4v) is 3.55. The lowest BCUT2D eigenvalue weighted by atomic mass is 9.96. The van der Waals surface area contributed by atoms with E-state index in [1.165, 1.54) is 6.07 Å². The maximum atomic E-state index is 13.7. The van der Waals surface area contributed by atoms with Crippen molar-refractivity contribution in [3.8, 4) is 0 Å². The molecule has 1 amide bonds. The van der Waals surface area contributed by atoms with Crippen molar-refractivity contribution < 1.29 is 9.18 Å². The first-order valence-electron chi connectivity index (χ1n) is 8.85. The van der Waals surface area contributed by atoms with Gasteiger partial charge in [-0.1, -0.05) is 24.3 Å². The van der Waals surface area contributed by atoms with Crippen LogP contribution in [0.3, 0.4) is 0 Å². The van der Waals surface area contributed by atoms with Crippen LogP contribution in [0.25, 0.3) is 11.0 Å². The number of nitrogens with zero attached hydrogens (tertiary/aromatic N) is 3. The summed E-state index contributed by atoms with van der Waals surface area (Å²) in [5.74, 6) is 0.303. The Bertz CT molecular complexity index is 944. The van der Waals surface area contributed by atoms with Crippen LogP contribution >= 0.6 is 0 Å². The van der Waals surface area contributed by atoms with Crippen LogP contribution in [-0.4, -0.2) is 28.5 Å². The van der Waals surface area contributed by atoms with Crippen LogP contribution in [0.4, 0.5) is 16.0 Å². The first-order valence-corrected chi connectivity index (χ1v) is 8.85. The summed E-state index contributed by atoms with van der Waals surface area (Å²) in [7, 11) is 2.02. The number of carbonyl (C=O) groups is 1. The fraction of sp³-hybridized carbons (Fsp3) is 0.300. The van der Waals surface area contributed by atoms with E-state index < -0.39 is 5.82 Å². The highest BCUT2D eigenvalue weighted by molar-refractivity contribution is 5.92. The normalized spacial score (nSPS) is 15.4. The zero-order valence-corrected chi connectivity index (χ0v) is 14.7. The second kappa shape index (κ2) is 6.78. The Morgan fingerprint density at radius 3 is 2.54 bits per heavy atom. The number of hydrogen-bond acceptors (Lipinski definition) is 3. The van der Waals surface area contributed by atoms with Gasteiger partial charge in [-0.25, -0.2) is 9.37 Å². The molecule has 2 heterocycles. The summed E-state index contributed by atoms with van der Waals surface area (Å²) in [5, 5.41) is 2.71. The molecule has 4 rings (SSSR count). The number of fused-ring (bicyclic) bond motifs is 1. The van der Waals surface area contributed by atoms with E-state index in [1.807, 2.05) is 25.2 Å². The van der Waals surface area contributed by atoms with Gasteiger partial charge in [0.15, 0.2) is 0 Å². The summed E-state index contributed by atoms with van der Waals surface area (Å²) in [6.07, 6.45) is 1.45. The second-order valence-corrected chi connectivity index (χ2v) is 6.69. The lowest BCUT2D eigenvalue weighted by molar-refractivity contribution is -0.120. The number of nitrogens with one attached hydrogen (secondary N) is 1. The summed E-state index contributed by atoms with van der Waals surface area (Å²) in [6, 6.07) is 14.3. The Morgan fingerprint density at radius 1 is 1.12 bits per heavy atom. The Hall–Kier alpha value is -2.89. The van der Waals surface area contributed by atoms with Gasteiger partial charge in [-0.3, -0.25) is 4.79 Å². The third-order valence-corrected chi connectivity index (χ3v) is 5.04. The summed E-state index contributed by atoms with van der Waals surface area (Å²) in [4.78, 5) is 19.4. The lowest BCUT2D eigenvalue weighted by Crippen LogP contribution is -2.39. The fourth-order valence-electron chi connectivity index (χ4n) is 3.55. The average Bonchev–Trinajstić information content (AvgIpc) is 3.01. The van der Waals surface area contributed by atoms with Crippen molar-refractivity contribution in [2.75, 3.05) is 23.3 Å². The molecule has 3 aromatic rings. The molecule has 134 valence electrons.